The van der Waals surface area contributed by atoms with E-state index in [0.717, 1.165) is 12.8 Å². The number of rotatable bonds is 2. The van der Waals surface area contributed by atoms with Crippen molar-refractivity contribution in [2.24, 2.45) is 11.8 Å². The fourth-order valence-corrected chi connectivity index (χ4v) is 2.91. The average Bonchev–Trinajstić information content (AvgIpc) is 2.87. The topological polar surface area (TPSA) is 81.1 Å². The zero-order chi connectivity index (χ0) is 14.0. The number of carboxylic acid groups (broad SMARTS) is 1. The number of piperidine rings is 1. The van der Waals surface area contributed by atoms with E-state index >= 15 is 0 Å². The summed E-state index contributed by atoms with van der Waals surface area (Å²) in [7, 11) is 0. The van der Waals surface area contributed by atoms with Crippen molar-refractivity contribution >= 4 is 12.0 Å². The lowest BCUT2D eigenvalue weighted by atomic mass is 9.99. The minimum Gasteiger partial charge on any atom is -0.481 e. The van der Waals surface area contributed by atoms with Crippen LogP contribution in [0.3, 0.4) is 0 Å². The van der Waals surface area contributed by atoms with Crippen LogP contribution in [-0.4, -0.2) is 64.3 Å². The largest absolute Gasteiger partial charge is 0.481 e. The number of nitrogens with zero attached hydrogens (tertiary/aromatic N) is 2. The lowest BCUT2D eigenvalue weighted by Crippen LogP contribution is -2.48. The number of amides is 2. The number of hydrogen-bond donors (Lipinski definition) is 2. The first-order chi connectivity index (χ1) is 8.99. The maximum atomic E-state index is 12.3. The molecule has 0 bridgehead atoms. The summed E-state index contributed by atoms with van der Waals surface area (Å²) in [4.78, 5) is 26.7. The first-order valence-electron chi connectivity index (χ1n) is 6.93. The van der Waals surface area contributed by atoms with Crippen LogP contribution >= 0.6 is 0 Å². The van der Waals surface area contributed by atoms with Crippen LogP contribution in [0.15, 0.2) is 0 Å². The molecule has 2 aliphatic heterocycles. The molecular weight excluding hydrogens is 248 g/mol. The van der Waals surface area contributed by atoms with Gasteiger partial charge < -0.3 is 20.0 Å². The summed E-state index contributed by atoms with van der Waals surface area (Å²) in [5.41, 5.74) is 0. The molecule has 0 aliphatic carbocycles. The third-order valence-corrected chi connectivity index (χ3v) is 4.22. The molecule has 2 aliphatic rings. The van der Waals surface area contributed by atoms with Gasteiger partial charge in [0.05, 0.1) is 12.0 Å². The van der Waals surface area contributed by atoms with E-state index in [9.17, 15) is 14.7 Å². The third kappa shape index (κ3) is 3.18. The van der Waals surface area contributed by atoms with Crippen LogP contribution in [0.25, 0.3) is 0 Å². The molecule has 108 valence electrons. The molecule has 3 unspecified atom stereocenters. The van der Waals surface area contributed by atoms with E-state index in [1.54, 1.807) is 16.7 Å². The Morgan fingerprint density at radius 1 is 1.16 bits per heavy atom. The molecule has 2 heterocycles. The van der Waals surface area contributed by atoms with Crippen molar-refractivity contribution in [3.8, 4) is 0 Å². The maximum Gasteiger partial charge on any atom is 0.320 e. The van der Waals surface area contributed by atoms with Gasteiger partial charge in [-0.05, 0) is 26.2 Å². The summed E-state index contributed by atoms with van der Waals surface area (Å²) in [5.74, 6) is -1.11. The highest BCUT2D eigenvalue weighted by atomic mass is 16.4. The van der Waals surface area contributed by atoms with Crippen molar-refractivity contribution in [3.05, 3.63) is 0 Å². The van der Waals surface area contributed by atoms with E-state index in [4.69, 9.17) is 5.11 Å². The van der Waals surface area contributed by atoms with Crippen LogP contribution < -0.4 is 0 Å². The SMILES string of the molecule is CC(O)C1CCN(C(=O)N2CCCC(C(=O)O)C2)C1. The van der Waals surface area contributed by atoms with Crippen LogP contribution in [0.2, 0.25) is 0 Å². The number of likely N-dealkylation sites (tertiary alicyclic amines) is 2. The number of hydrogen-bond acceptors (Lipinski definition) is 3. The second kappa shape index (κ2) is 5.77. The van der Waals surface area contributed by atoms with Gasteiger partial charge in [-0.1, -0.05) is 0 Å². The van der Waals surface area contributed by atoms with Gasteiger partial charge in [-0.2, -0.15) is 0 Å². The third-order valence-electron chi connectivity index (χ3n) is 4.22. The van der Waals surface area contributed by atoms with Gasteiger partial charge in [0.1, 0.15) is 0 Å². The number of urea groups is 1. The Labute approximate surface area is 113 Å². The zero-order valence-corrected chi connectivity index (χ0v) is 11.3. The summed E-state index contributed by atoms with van der Waals surface area (Å²) in [5, 5.41) is 18.6. The van der Waals surface area contributed by atoms with Gasteiger partial charge in [-0.3, -0.25) is 4.79 Å². The Kier molecular flexibility index (Phi) is 4.29. The summed E-state index contributed by atoms with van der Waals surface area (Å²) < 4.78 is 0. The lowest BCUT2D eigenvalue weighted by molar-refractivity contribution is -0.143. The molecule has 3 atom stereocenters. The number of carbonyl (C=O) groups is 2. The predicted octanol–water partition coefficient (Wildman–Crippen LogP) is 0.606. The summed E-state index contributed by atoms with van der Waals surface area (Å²) in [6.45, 7) is 3.93. The van der Waals surface area contributed by atoms with E-state index in [1.807, 2.05) is 0 Å². The van der Waals surface area contributed by atoms with Crippen molar-refractivity contribution < 1.29 is 19.8 Å². The predicted molar refractivity (Wildman–Crippen MR) is 68.7 cm³/mol. The Morgan fingerprint density at radius 3 is 2.42 bits per heavy atom. The molecule has 0 aromatic heterocycles. The molecule has 2 rings (SSSR count). The van der Waals surface area contributed by atoms with Gasteiger partial charge in [-0.15, -0.1) is 0 Å². The van der Waals surface area contributed by atoms with Crippen molar-refractivity contribution in [1.82, 2.24) is 9.80 Å². The molecule has 2 fully saturated rings. The van der Waals surface area contributed by atoms with E-state index < -0.39 is 18.0 Å². The van der Waals surface area contributed by atoms with E-state index in [0.29, 0.717) is 32.6 Å². The monoisotopic (exact) mass is 270 g/mol. The molecule has 6 nitrogen and oxygen atoms in total. The zero-order valence-electron chi connectivity index (χ0n) is 11.3. The molecule has 19 heavy (non-hydrogen) atoms. The summed E-state index contributed by atoms with van der Waals surface area (Å²) in [6.07, 6.45) is 1.82. The van der Waals surface area contributed by atoms with E-state index in [2.05, 4.69) is 0 Å². The molecule has 2 N–H and O–H groups in total. The standard InChI is InChI=1S/C13H22N2O4/c1-9(16)10-4-6-15(7-10)13(19)14-5-2-3-11(8-14)12(17)18/h9-11,16H,2-8H2,1H3,(H,17,18). The molecule has 2 saturated heterocycles. The first-order valence-corrected chi connectivity index (χ1v) is 6.93. The van der Waals surface area contributed by atoms with Gasteiger partial charge in [0, 0.05) is 32.1 Å². The molecule has 0 aromatic rings. The van der Waals surface area contributed by atoms with Crippen LogP contribution in [-0.2, 0) is 4.79 Å². The van der Waals surface area contributed by atoms with Gasteiger partial charge in [-0.25, -0.2) is 4.79 Å². The first kappa shape index (κ1) is 14.1. The van der Waals surface area contributed by atoms with E-state index in [-0.39, 0.29) is 11.9 Å². The van der Waals surface area contributed by atoms with Crippen LogP contribution in [0, 0.1) is 11.8 Å². The normalized spacial score (nSPS) is 29.4. The number of aliphatic hydroxyl groups excluding tert-OH is 1. The van der Waals surface area contributed by atoms with E-state index in [1.165, 1.54) is 0 Å². The van der Waals surface area contributed by atoms with Gasteiger partial charge in [0.15, 0.2) is 0 Å². The molecule has 2 amide bonds. The second-order valence-corrected chi connectivity index (χ2v) is 5.64. The van der Waals surface area contributed by atoms with Crippen molar-refractivity contribution in [2.45, 2.75) is 32.3 Å². The van der Waals surface area contributed by atoms with Gasteiger partial charge >= 0.3 is 12.0 Å². The quantitative estimate of drug-likeness (QED) is 0.770. The second-order valence-electron chi connectivity index (χ2n) is 5.64. The highest BCUT2D eigenvalue weighted by Gasteiger charge is 2.34. The lowest BCUT2D eigenvalue weighted by Gasteiger charge is -2.33. The minimum atomic E-state index is -0.819. The summed E-state index contributed by atoms with van der Waals surface area (Å²) in [6, 6.07) is -0.0749. The number of carboxylic acids is 1. The summed E-state index contributed by atoms with van der Waals surface area (Å²) >= 11 is 0. The Balaban J connectivity index is 1.91. The molecule has 0 saturated carbocycles. The van der Waals surface area contributed by atoms with Crippen LogP contribution in [0.4, 0.5) is 4.79 Å². The Hall–Kier alpha value is -1.30. The fraction of sp³-hybridized carbons (Fsp3) is 0.846. The average molecular weight is 270 g/mol. The molecule has 0 radical (unpaired) electrons. The minimum absolute atomic E-state index is 0.0749. The van der Waals surface area contributed by atoms with Crippen molar-refractivity contribution in [3.63, 3.8) is 0 Å². The Bertz CT molecular complexity index is 359. The molecule has 6 heteroatoms. The highest BCUT2D eigenvalue weighted by molar-refractivity contribution is 5.77. The highest BCUT2D eigenvalue weighted by Crippen LogP contribution is 2.23. The molecule has 0 spiro atoms. The number of aliphatic carboxylic acids is 1. The fourth-order valence-electron chi connectivity index (χ4n) is 2.91. The molecular formula is C13H22N2O4. The maximum absolute atomic E-state index is 12.3. The molecule has 0 aromatic carbocycles. The van der Waals surface area contributed by atoms with Gasteiger partial charge in [0.25, 0.3) is 0 Å². The van der Waals surface area contributed by atoms with Crippen molar-refractivity contribution in [2.75, 3.05) is 26.2 Å². The smallest absolute Gasteiger partial charge is 0.320 e. The number of aliphatic hydroxyl groups is 1. The van der Waals surface area contributed by atoms with Crippen LogP contribution in [0.5, 0.6) is 0 Å². The van der Waals surface area contributed by atoms with Crippen molar-refractivity contribution in [1.29, 1.82) is 0 Å². The van der Waals surface area contributed by atoms with Crippen LogP contribution in [0.1, 0.15) is 26.2 Å². The number of carbonyl (C=O) groups excluding carboxylic acids is 1. The Morgan fingerprint density at radius 2 is 1.84 bits per heavy atom. The van der Waals surface area contributed by atoms with Gasteiger partial charge in [0.2, 0.25) is 0 Å².